The molecule has 4 nitrogen and oxygen atoms in total. The summed E-state index contributed by atoms with van der Waals surface area (Å²) in [5, 5.41) is 0. The van der Waals surface area contributed by atoms with Crippen LogP contribution in [0.15, 0.2) is 24.3 Å². The van der Waals surface area contributed by atoms with E-state index in [9.17, 15) is 26.4 Å². The zero-order chi connectivity index (χ0) is 14.8. The van der Waals surface area contributed by atoms with Crippen molar-refractivity contribution in [1.29, 1.82) is 0 Å². The minimum Gasteiger partial charge on any atom is -0.268 e. The van der Waals surface area contributed by atoms with Gasteiger partial charge in [-0.15, -0.1) is 0 Å². The number of carbonyl (C=O) groups excluding carboxylic acids is 1. The number of hydrogen-bond acceptors (Lipinski definition) is 3. The highest BCUT2D eigenvalue weighted by Gasteiger charge is 2.47. The van der Waals surface area contributed by atoms with Crippen LogP contribution >= 0.6 is 0 Å². The Bertz CT molecular complexity index is 562. The average molecular weight is 295 g/mol. The van der Waals surface area contributed by atoms with Gasteiger partial charge >= 0.3 is 15.5 Å². The molecule has 0 aliphatic heterocycles. The maximum atomic E-state index is 12.1. The summed E-state index contributed by atoms with van der Waals surface area (Å²) in [7, 11) is -5.67. The molecule has 0 fully saturated rings. The second-order valence-electron chi connectivity index (χ2n) is 4.16. The molecular formula is C11H12F3NO3S. The Hall–Kier alpha value is -1.57. The van der Waals surface area contributed by atoms with Crippen molar-refractivity contribution in [2.75, 3.05) is 0 Å². The molecule has 1 amide bonds. The molecule has 0 aliphatic carbocycles. The fourth-order valence-corrected chi connectivity index (χ4v) is 1.74. The third-order valence-electron chi connectivity index (χ3n) is 2.37. The van der Waals surface area contributed by atoms with Gasteiger partial charge in [0.25, 0.3) is 5.91 Å². The van der Waals surface area contributed by atoms with Gasteiger partial charge in [-0.25, -0.2) is 4.72 Å². The van der Waals surface area contributed by atoms with Crippen LogP contribution < -0.4 is 4.72 Å². The van der Waals surface area contributed by atoms with Crippen LogP contribution in [0.4, 0.5) is 13.2 Å². The molecule has 0 saturated carbocycles. The Kier molecular flexibility index (Phi) is 4.24. The number of rotatable bonds is 3. The van der Waals surface area contributed by atoms with E-state index < -0.39 is 21.4 Å². The van der Waals surface area contributed by atoms with Crippen molar-refractivity contribution < 1.29 is 26.4 Å². The SMILES string of the molecule is CC(C)c1ccc(C(=O)NS(=O)(=O)C(F)(F)F)cc1. The van der Waals surface area contributed by atoms with E-state index in [1.807, 2.05) is 13.8 Å². The second kappa shape index (κ2) is 5.20. The number of halogens is 3. The molecule has 0 radical (unpaired) electrons. The van der Waals surface area contributed by atoms with Crippen LogP contribution in [0, 0.1) is 0 Å². The average Bonchev–Trinajstić information content (AvgIpc) is 2.27. The fourth-order valence-electron chi connectivity index (χ4n) is 1.26. The van der Waals surface area contributed by atoms with Crippen molar-refractivity contribution >= 4 is 15.9 Å². The van der Waals surface area contributed by atoms with Gasteiger partial charge in [0.15, 0.2) is 0 Å². The molecule has 0 bridgehead atoms. The van der Waals surface area contributed by atoms with Crippen LogP contribution in [0.25, 0.3) is 0 Å². The van der Waals surface area contributed by atoms with Gasteiger partial charge < -0.3 is 0 Å². The van der Waals surface area contributed by atoms with Crippen LogP contribution in [0.1, 0.15) is 35.7 Å². The highest BCUT2D eigenvalue weighted by Crippen LogP contribution is 2.22. The summed E-state index contributed by atoms with van der Waals surface area (Å²) in [6, 6.07) is 5.66. The summed E-state index contributed by atoms with van der Waals surface area (Å²) in [6.07, 6.45) is 0. The summed E-state index contributed by atoms with van der Waals surface area (Å²) in [5.74, 6) is -1.12. The normalized spacial score (nSPS) is 12.5. The lowest BCUT2D eigenvalue weighted by Gasteiger charge is -2.10. The first-order valence-electron chi connectivity index (χ1n) is 5.28. The van der Waals surface area contributed by atoms with Gasteiger partial charge in [0, 0.05) is 5.56 Å². The lowest BCUT2D eigenvalue weighted by molar-refractivity contribution is -0.0446. The van der Waals surface area contributed by atoms with E-state index in [0.717, 1.165) is 10.3 Å². The summed E-state index contributed by atoms with van der Waals surface area (Å²) < 4.78 is 58.7. The van der Waals surface area contributed by atoms with Crippen LogP contribution in [0.5, 0.6) is 0 Å². The predicted molar refractivity (Wildman–Crippen MR) is 63.0 cm³/mol. The lowest BCUT2D eigenvalue weighted by atomic mass is 10.0. The molecule has 0 saturated heterocycles. The first kappa shape index (κ1) is 15.5. The lowest BCUT2D eigenvalue weighted by Crippen LogP contribution is -2.40. The smallest absolute Gasteiger partial charge is 0.268 e. The molecule has 0 aliphatic rings. The zero-order valence-electron chi connectivity index (χ0n) is 10.2. The molecule has 106 valence electrons. The number of nitrogens with one attached hydrogen (secondary N) is 1. The van der Waals surface area contributed by atoms with Gasteiger partial charge in [-0.1, -0.05) is 26.0 Å². The van der Waals surface area contributed by atoms with Crippen molar-refractivity contribution in [2.24, 2.45) is 0 Å². The quantitative estimate of drug-likeness (QED) is 0.931. The van der Waals surface area contributed by atoms with E-state index >= 15 is 0 Å². The molecule has 8 heteroatoms. The van der Waals surface area contributed by atoms with Gasteiger partial charge in [0.2, 0.25) is 0 Å². The Morgan fingerprint density at radius 2 is 1.63 bits per heavy atom. The number of benzene rings is 1. The van der Waals surface area contributed by atoms with Crippen LogP contribution in [-0.4, -0.2) is 19.8 Å². The van der Waals surface area contributed by atoms with Crippen molar-refractivity contribution in [3.8, 4) is 0 Å². The minimum absolute atomic E-state index is 0.155. The fraction of sp³-hybridized carbons (Fsp3) is 0.364. The molecule has 1 rings (SSSR count). The maximum Gasteiger partial charge on any atom is 0.516 e. The largest absolute Gasteiger partial charge is 0.516 e. The summed E-state index contributed by atoms with van der Waals surface area (Å²) >= 11 is 0. The van der Waals surface area contributed by atoms with Gasteiger partial charge in [-0.2, -0.15) is 21.6 Å². The van der Waals surface area contributed by atoms with Gasteiger partial charge in [0.1, 0.15) is 0 Å². The first-order chi connectivity index (χ1) is 8.54. The van der Waals surface area contributed by atoms with Crippen molar-refractivity contribution in [3.63, 3.8) is 0 Å². The van der Waals surface area contributed by atoms with Crippen molar-refractivity contribution in [1.82, 2.24) is 4.72 Å². The zero-order valence-corrected chi connectivity index (χ0v) is 11.0. The molecule has 1 aromatic carbocycles. The molecular weight excluding hydrogens is 283 g/mol. The van der Waals surface area contributed by atoms with E-state index in [-0.39, 0.29) is 11.5 Å². The monoisotopic (exact) mass is 295 g/mol. The Morgan fingerprint density at radius 1 is 1.16 bits per heavy atom. The van der Waals surface area contributed by atoms with Gasteiger partial charge in [0.05, 0.1) is 0 Å². The summed E-state index contributed by atoms with van der Waals surface area (Å²) in [6.45, 7) is 3.81. The van der Waals surface area contributed by atoms with E-state index in [4.69, 9.17) is 0 Å². The molecule has 0 atom stereocenters. The number of carbonyl (C=O) groups is 1. The van der Waals surface area contributed by atoms with E-state index in [0.29, 0.717) is 0 Å². The molecule has 1 N–H and O–H groups in total. The molecule has 0 spiro atoms. The predicted octanol–water partition coefficient (Wildman–Crippen LogP) is 2.39. The van der Waals surface area contributed by atoms with Crippen LogP contribution in [0.3, 0.4) is 0 Å². The number of sulfonamides is 1. The van der Waals surface area contributed by atoms with Crippen LogP contribution in [0.2, 0.25) is 0 Å². The van der Waals surface area contributed by atoms with E-state index in [1.54, 1.807) is 12.1 Å². The summed E-state index contributed by atoms with van der Waals surface area (Å²) in [5.41, 5.74) is -4.78. The third kappa shape index (κ3) is 3.69. The molecule has 0 unspecified atom stereocenters. The summed E-state index contributed by atoms with van der Waals surface area (Å²) in [4.78, 5) is 11.4. The van der Waals surface area contributed by atoms with Gasteiger partial charge in [-0.3, -0.25) is 4.79 Å². The maximum absolute atomic E-state index is 12.1. The Balaban J connectivity index is 2.91. The third-order valence-corrected chi connectivity index (χ3v) is 3.43. The Morgan fingerprint density at radius 3 is 2.00 bits per heavy atom. The topological polar surface area (TPSA) is 63.2 Å². The first-order valence-corrected chi connectivity index (χ1v) is 6.76. The molecule has 0 aromatic heterocycles. The standard InChI is InChI=1S/C11H12F3NO3S/c1-7(2)8-3-5-9(6-4-8)10(16)15-19(17,18)11(12,13)14/h3-7H,1-2H3,(H,15,16). The molecule has 19 heavy (non-hydrogen) atoms. The highest BCUT2D eigenvalue weighted by molar-refractivity contribution is 7.90. The van der Waals surface area contributed by atoms with E-state index in [2.05, 4.69) is 0 Å². The van der Waals surface area contributed by atoms with Crippen molar-refractivity contribution in [3.05, 3.63) is 35.4 Å². The number of hydrogen-bond donors (Lipinski definition) is 1. The second-order valence-corrected chi connectivity index (χ2v) is 5.83. The Labute approximate surface area is 108 Å². The highest BCUT2D eigenvalue weighted by atomic mass is 32.2. The van der Waals surface area contributed by atoms with Crippen molar-refractivity contribution in [2.45, 2.75) is 25.3 Å². The van der Waals surface area contributed by atoms with E-state index in [1.165, 1.54) is 12.1 Å². The number of alkyl halides is 3. The molecule has 1 aromatic rings. The minimum atomic E-state index is -5.67. The van der Waals surface area contributed by atoms with Crippen LogP contribution in [-0.2, 0) is 10.0 Å². The number of amides is 1. The molecule has 0 heterocycles. The van der Waals surface area contributed by atoms with Gasteiger partial charge in [-0.05, 0) is 23.6 Å².